The highest BCUT2D eigenvalue weighted by atomic mass is 16.5. The number of ether oxygens (including phenoxy) is 1. The van der Waals surface area contributed by atoms with E-state index in [1.807, 2.05) is 0 Å². The molecule has 1 aromatic rings. The predicted octanol–water partition coefficient (Wildman–Crippen LogP) is 2.40. The molecule has 2 rings (SSSR count). The fourth-order valence-corrected chi connectivity index (χ4v) is 2.19. The number of nitriles is 1. The molecule has 1 heterocycles. The van der Waals surface area contributed by atoms with Crippen molar-refractivity contribution in [2.75, 3.05) is 6.54 Å². The fourth-order valence-electron chi connectivity index (χ4n) is 2.19. The Balaban J connectivity index is 2.06. The summed E-state index contributed by atoms with van der Waals surface area (Å²) in [4.78, 5) is 0. The third-order valence-corrected chi connectivity index (χ3v) is 2.90. The Labute approximate surface area is 102 Å². The van der Waals surface area contributed by atoms with E-state index in [1.54, 1.807) is 0 Å². The molecule has 0 aromatic heterocycles. The molecule has 17 heavy (non-hydrogen) atoms. The minimum atomic E-state index is -0.0922. The van der Waals surface area contributed by atoms with E-state index >= 15 is 0 Å². The summed E-state index contributed by atoms with van der Waals surface area (Å²) in [6, 6.07) is 8.41. The smallest absolute Gasteiger partial charge is 0.127 e. The van der Waals surface area contributed by atoms with Crippen LogP contribution in [-0.2, 0) is 13.0 Å². The Kier molecular flexibility index (Phi) is 3.35. The van der Waals surface area contributed by atoms with Crippen molar-refractivity contribution in [3.8, 4) is 11.8 Å². The maximum atomic E-state index is 8.47. The quantitative estimate of drug-likeness (QED) is 0.808. The van der Waals surface area contributed by atoms with Gasteiger partial charge in [-0.25, -0.2) is 0 Å². The van der Waals surface area contributed by atoms with E-state index in [2.05, 4.69) is 43.4 Å². The highest BCUT2D eigenvalue weighted by molar-refractivity contribution is 5.45. The average molecular weight is 230 g/mol. The zero-order valence-corrected chi connectivity index (χ0v) is 10.4. The minimum Gasteiger partial charge on any atom is -0.487 e. The molecule has 90 valence electrons. The number of nitrogens with zero attached hydrogens (tertiary/aromatic N) is 1. The number of fused-ring (bicyclic) bond motifs is 1. The van der Waals surface area contributed by atoms with Gasteiger partial charge in [-0.05, 0) is 19.4 Å². The van der Waals surface area contributed by atoms with E-state index in [4.69, 9.17) is 10.00 Å². The molecule has 1 aliphatic rings. The van der Waals surface area contributed by atoms with Crippen LogP contribution >= 0.6 is 0 Å². The second-order valence-corrected chi connectivity index (χ2v) is 5.03. The van der Waals surface area contributed by atoms with Crippen LogP contribution in [0, 0.1) is 11.3 Å². The van der Waals surface area contributed by atoms with Gasteiger partial charge in [0.25, 0.3) is 0 Å². The second kappa shape index (κ2) is 4.77. The van der Waals surface area contributed by atoms with Gasteiger partial charge in [0, 0.05) is 31.5 Å². The molecule has 0 bridgehead atoms. The Bertz CT molecular complexity index is 446. The average Bonchev–Trinajstić information content (AvgIpc) is 2.59. The minimum absolute atomic E-state index is 0.0922. The molecule has 0 amide bonds. The standard InChI is InChI=1S/C14H18N2O/c1-14(2)9-11-5-3-6-12(13(11)17-14)10-16-8-4-7-15/h3,5-6,16H,4,8-10H2,1-2H3. The van der Waals surface area contributed by atoms with Crippen LogP contribution in [0.2, 0.25) is 0 Å². The van der Waals surface area contributed by atoms with E-state index in [1.165, 1.54) is 11.1 Å². The molecule has 3 nitrogen and oxygen atoms in total. The lowest BCUT2D eigenvalue weighted by Crippen LogP contribution is -2.25. The van der Waals surface area contributed by atoms with Gasteiger partial charge in [0.15, 0.2) is 0 Å². The topological polar surface area (TPSA) is 45.0 Å². The summed E-state index contributed by atoms with van der Waals surface area (Å²) in [5.74, 6) is 1.03. The first kappa shape index (κ1) is 11.9. The molecule has 0 radical (unpaired) electrons. The largest absolute Gasteiger partial charge is 0.487 e. The van der Waals surface area contributed by atoms with Gasteiger partial charge in [-0.15, -0.1) is 0 Å². The zero-order chi connectivity index (χ0) is 12.3. The van der Waals surface area contributed by atoms with E-state index in [9.17, 15) is 0 Å². The summed E-state index contributed by atoms with van der Waals surface area (Å²) < 4.78 is 5.98. The van der Waals surface area contributed by atoms with Gasteiger partial charge in [0.2, 0.25) is 0 Å². The zero-order valence-electron chi connectivity index (χ0n) is 10.4. The van der Waals surface area contributed by atoms with Crippen molar-refractivity contribution in [1.82, 2.24) is 5.32 Å². The molecule has 1 aliphatic heterocycles. The van der Waals surface area contributed by atoms with E-state index in [-0.39, 0.29) is 5.60 Å². The van der Waals surface area contributed by atoms with Crippen molar-refractivity contribution < 1.29 is 4.74 Å². The lowest BCUT2D eigenvalue weighted by atomic mass is 10.0. The highest BCUT2D eigenvalue weighted by Crippen LogP contribution is 2.37. The fraction of sp³-hybridized carbons (Fsp3) is 0.500. The molecule has 0 atom stereocenters. The molecule has 0 saturated carbocycles. The summed E-state index contributed by atoms with van der Waals surface area (Å²) >= 11 is 0. The van der Waals surface area contributed by atoms with Crippen LogP contribution in [-0.4, -0.2) is 12.1 Å². The molecule has 1 aromatic carbocycles. The van der Waals surface area contributed by atoms with Gasteiger partial charge < -0.3 is 10.1 Å². The Morgan fingerprint density at radius 1 is 1.47 bits per heavy atom. The lowest BCUT2D eigenvalue weighted by Gasteiger charge is -2.18. The Morgan fingerprint density at radius 3 is 3.06 bits per heavy atom. The molecule has 1 N–H and O–H groups in total. The van der Waals surface area contributed by atoms with Crippen LogP contribution in [0.15, 0.2) is 18.2 Å². The van der Waals surface area contributed by atoms with Crippen molar-refractivity contribution in [1.29, 1.82) is 5.26 Å². The van der Waals surface area contributed by atoms with Crippen LogP contribution in [0.25, 0.3) is 0 Å². The molecular weight excluding hydrogens is 212 g/mol. The first-order valence-electron chi connectivity index (χ1n) is 6.00. The van der Waals surface area contributed by atoms with Crippen molar-refractivity contribution in [3.63, 3.8) is 0 Å². The molecule has 0 unspecified atom stereocenters. The van der Waals surface area contributed by atoms with E-state index in [0.29, 0.717) is 6.42 Å². The van der Waals surface area contributed by atoms with Crippen LogP contribution in [0.1, 0.15) is 31.4 Å². The summed E-state index contributed by atoms with van der Waals surface area (Å²) in [7, 11) is 0. The third-order valence-electron chi connectivity index (χ3n) is 2.90. The molecule has 0 saturated heterocycles. The first-order valence-corrected chi connectivity index (χ1v) is 6.00. The summed E-state index contributed by atoms with van der Waals surface area (Å²) in [6.45, 7) is 5.71. The van der Waals surface area contributed by atoms with Crippen molar-refractivity contribution in [2.45, 2.75) is 38.8 Å². The Hall–Kier alpha value is -1.53. The number of benzene rings is 1. The van der Waals surface area contributed by atoms with Gasteiger partial charge in [0.05, 0.1) is 6.07 Å². The SMILES string of the molecule is CC1(C)Cc2cccc(CNCCC#N)c2O1. The maximum absolute atomic E-state index is 8.47. The van der Waals surface area contributed by atoms with Gasteiger partial charge >= 0.3 is 0 Å². The van der Waals surface area contributed by atoms with Crippen LogP contribution in [0.5, 0.6) is 5.75 Å². The van der Waals surface area contributed by atoms with Gasteiger partial charge in [-0.3, -0.25) is 0 Å². The van der Waals surface area contributed by atoms with Gasteiger partial charge in [-0.2, -0.15) is 5.26 Å². The normalized spacial score (nSPS) is 16.1. The Morgan fingerprint density at radius 2 is 2.29 bits per heavy atom. The van der Waals surface area contributed by atoms with E-state index < -0.39 is 0 Å². The van der Waals surface area contributed by atoms with Crippen LogP contribution < -0.4 is 10.1 Å². The number of para-hydroxylation sites is 1. The monoisotopic (exact) mass is 230 g/mol. The third kappa shape index (κ3) is 2.78. The van der Waals surface area contributed by atoms with Crippen molar-refractivity contribution >= 4 is 0 Å². The first-order chi connectivity index (χ1) is 8.12. The predicted molar refractivity (Wildman–Crippen MR) is 66.8 cm³/mol. The van der Waals surface area contributed by atoms with Crippen molar-refractivity contribution in [2.24, 2.45) is 0 Å². The molecular formula is C14H18N2O. The lowest BCUT2D eigenvalue weighted by molar-refractivity contribution is 0.137. The molecule has 0 fully saturated rings. The van der Waals surface area contributed by atoms with Gasteiger partial charge in [0.1, 0.15) is 11.4 Å². The molecule has 3 heteroatoms. The summed E-state index contributed by atoms with van der Waals surface area (Å²) in [5, 5.41) is 11.7. The van der Waals surface area contributed by atoms with Gasteiger partial charge in [-0.1, -0.05) is 18.2 Å². The summed E-state index contributed by atoms with van der Waals surface area (Å²) in [6.07, 6.45) is 1.51. The maximum Gasteiger partial charge on any atom is 0.127 e. The van der Waals surface area contributed by atoms with E-state index in [0.717, 1.165) is 25.3 Å². The summed E-state index contributed by atoms with van der Waals surface area (Å²) in [5.41, 5.74) is 2.38. The molecule has 0 spiro atoms. The highest BCUT2D eigenvalue weighted by Gasteiger charge is 2.31. The van der Waals surface area contributed by atoms with Crippen molar-refractivity contribution in [3.05, 3.63) is 29.3 Å². The number of nitrogens with one attached hydrogen (secondary N) is 1. The second-order valence-electron chi connectivity index (χ2n) is 5.03. The number of rotatable bonds is 4. The molecule has 0 aliphatic carbocycles. The van der Waals surface area contributed by atoms with Crippen LogP contribution in [0.3, 0.4) is 0 Å². The number of hydrogen-bond acceptors (Lipinski definition) is 3. The number of hydrogen-bond donors (Lipinski definition) is 1. The van der Waals surface area contributed by atoms with Crippen LogP contribution in [0.4, 0.5) is 0 Å².